The molecule has 2 aromatic rings. The van der Waals surface area contributed by atoms with Crippen molar-refractivity contribution in [3.8, 4) is 0 Å². The Kier molecular flexibility index (Phi) is 4.70. The van der Waals surface area contributed by atoms with Crippen molar-refractivity contribution in [1.82, 2.24) is 15.2 Å². The lowest BCUT2D eigenvalue weighted by Gasteiger charge is -2.26. The largest absolute Gasteiger partial charge is 0.468 e. The number of carbonyl (C=O) groups is 1. The fourth-order valence-corrected chi connectivity index (χ4v) is 2.75. The summed E-state index contributed by atoms with van der Waals surface area (Å²) in [6.07, 6.45) is 7.35. The van der Waals surface area contributed by atoms with Gasteiger partial charge in [-0.05, 0) is 50.2 Å². The maximum Gasteiger partial charge on any atom is 0.319 e. The second kappa shape index (κ2) is 7.09. The van der Waals surface area contributed by atoms with Gasteiger partial charge in [0.15, 0.2) is 0 Å². The number of nitrogens with zero attached hydrogens (tertiary/aromatic N) is 2. The number of urea groups is 1. The Hall–Kier alpha value is -2.34. The summed E-state index contributed by atoms with van der Waals surface area (Å²) in [5.41, 5.74) is 0.677. The van der Waals surface area contributed by atoms with Crippen LogP contribution in [0.15, 0.2) is 47.3 Å². The average molecular weight is 300 g/mol. The van der Waals surface area contributed by atoms with Crippen molar-refractivity contribution < 1.29 is 9.21 Å². The summed E-state index contributed by atoms with van der Waals surface area (Å²) in [6.45, 7) is 2.59. The van der Waals surface area contributed by atoms with Crippen molar-refractivity contribution in [3.63, 3.8) is 0 Å². The van der Waals surface area contributed by atoms with Gasteiger partial charge in [0.25, 0.3) is 0 Å². The molecule has 0 aromatic carbocycles. The van der Waals surface area contributed by atoms with Crippen LogP contribution in [0, 0.1) is 0 Å². The molecular formula is C16H20N4O2. The van der Waals surface area contributed by atoms with Gasteiger partial charge in [0.1, 0.15) is 5.76 Å². The lowest BCUT2D eigenvalue weighted by molar-refractivity contribution is 0.207. The molecule has 6 nitrogen and oxygen atoms in total. The van der Waals surface area contributed by atoms with Gasteiger partial charge in [-0.25, -0.2) is 4.79 Å². The minimum atomic E-state index is -0.233. The van der Waals surface area contributed by atoms with Gasteiger partial charge in [-0.1, -0.05) is 0 Å². The smallest absolute Gasteiger partial charge is 0.319 e. The SMILES string of the molecule is O=C(NC[C@H](c1ccco1)N1CCCC1)Nc1cccnc1. The number of anilines is 1. The molecule has 1 atom stereocenters. The predicted octanol–water partition coefficient (Wildman–Crippen LogP) is 2.63. The van der Waals surface area contributed by atoms with E-state index in [0.717, 1.165) is 18.8 Å². The number of hydrogen-bond acceptors (Lipinski definition) is 4. The summed E-state index contributed by atoms with van der Waals surface area (Å²) in [7, 11) is 0. The molecule has 6 heteroatoms. The minimum absolute atomic E-state index is 0.0807. The number of hydrogen-bond donors (Lipinski definition) is 2. The second-order valence-electron chi connectivity index (χ2n) is 5.35. The van der Waals surface area contributed by atoms with Crippen molar-refractivity contribution in [2.45, 2.75) is 18.9 Å². The summed E-state index contributed by atoms with van der Waals surface area (Å²) >= 11 is 0. The lowest BCUT2D eigenvalue weighted by Crippen LogP contribution is -2.38. The van der Waals surface area contributed by atoms with Crippen molar-refractivity contribution >= 4 is 11.7 Å². The Morgan fingerprint density at radius 1 is 1.32 bits per heavy atom. The molecule has 0 spiro atoms. The number of amides is 2. The molecule has 3 rings (SSSR count). The molecule has 0 radical (unpaired) electrons. The molecule has 0 bridgehead atoms. The fourth-order valence-electron chi connectivity index (χ4n) is 2.75. The Labute approximate surface area is 129 Å². The standard InChI is InChI=1S/C16H20N4O2/c21-16(19-13-5-3-7-17-11-13)18-12-14(15-6-4-10-22-15)20-8-1-2-9-20/h3-7,10-11,14H,1-2,8-9,12H2,(H2,18,19,21)/t14-/m1/s1. The van der Waals surface area contributed by atoms with Crippen LogP contribution in [-0.4, -0.2) is 35.5 Å². The quantitative estimate of drug-likeness (QED) is 0.890. The van der Waals surface area contributed by atoms with E-state index in [0.29, 0.717) is 12.2 Å². The van der Waals surface area contributed by atoms with E-state index in [1.807, 2.05) is 12.1 Å². The van der Waals surface area contributed by atoms with Gasteiger partial charge in [0.05, 0.1) is 24.2 Å². The Bertz CT molecular complexity index is 579. The molecule has 1 aliphatic rings. The zero-order chi connectivity index (χ0) is 15.2. The third kappa shape index (κ3) is 3.65. The minimum Gasteiger partial charge on any atom is -0.468 e. The van der Waals surface area contributed by atoms with Gasteiger partial charge < -0.3 is 15.1 Å². The van der Waals surface area contributed by atoms with Crippen LogP contribution >= 0.6 is 0 Å². The maximum atomic E-state index is 12.0. The van der Waals surface area contributed by atoms with Crippen LogP contribution in [0.1, 0.15) is 24.6 Å². The van der Waals surface area contributed by atoms with Gasteiger partial charge in [-0.3, -0.25) is 9.88 Å². The Balaban J connectivity index is 1.58. The summed E-state index contributed by atoms with van der Waals surface area (Å²) in [4.78, 5) is 18.3. The van der Waals surface area contributed by atoms with Crippen LogP contribution in [0.25, 0.3) is 0 Å². The van der Waals surface area contributed by atoms with E-state index in [1.165, 1.54) is 12.8 Å². The first-order valence-corrected chi connectivity index (χ1v) is 7.55. The molecule has 0 saturated carbocycles. The Morgan fingerprint density at radius 3 is 2.86 bits per heavy atom. The van der Waals surface area contributed by atoms with Gasteiger partial charge in [-0.15, -0.1) is 0 Å². The molecule has 22 heavy (non-hydrogen) atoms. The molecule has 3 heterocycles. The third-order valence-corrected chi connectivity index (χ3v) is 3.83. The zero-order valence-corrected chi connectivity index (χ0v) is 12.4. The summed E-state index contributed by atoms with van der Waals surface area (Å²) in [5, 5.41) is 5.69. The van der Waals surface area contributed by atoms with Crippen molar-refractivity contribution in [1.29, 1.82) is 0 Å². The number of aromatic nitrogens is 1. The fraction of sp³-hybridized carbons (Fsp3) is 0.375. The number of nitrogens with one attached hydrogen (secondary N) is 2. The highest BCUT2D eigenvalue weighted by atomic mass is 16.3. The molecular weight excluding hydrogens is 280 g/mol. The topological polar surface area (TPSA) is 70.4 Å². The average Bonchev–Trinajstić information content (AvgIpc) is 3.22. The predicted molar refractivity (Wildman–Crippen MR) is 83.5 cm³/mol. The van der Waals surface area contributed by atoms with Gasteiger partial charge in [0.2, 0.25) is 0 Å². The van der Waals surface area contributed by atoms with Crippen molar-refractivity contribution in [2.75, 3.05) is 25.0 Å². The normalized spacial score (nSPS) is 16.4. The maximum absolute atomic E-state index is 12.0. The van der Waals surface area contributed by atoms with Crippen LogP contribution in [-0.2, 0) is 0 Å². The first-order chi connectivity index (χ1) is 10.8. The van der Waals surface area contributed by atoms with Crippen LogP contribution in [0.5, 0.6) is 0 Å². The van der Waals surface area contributed by atoms with Crippen LogP contribution in [0.3, 0.4) is 0 Å². The highest BCUT2D eigenvalue weighted by Gasteiger charge is 2.25. The van der Waals surface area contributed by atoms with Gasteiger partial charge in [-0.2, -0.15) is 0 Å². The van der Waals surface area contributed by atoms with Gasteiger partial charge in [0, 0.05) is 12.7 Å². The Morgan fingerprint density at radius 2 is 2.18 bits per heavy atom. The van der Waals surface area contributed by atoms with Gasteiger partial charge >= 0.3 is 6.03 Å². The molecule has 116 valence electrons. The van der Waals surface area contributed by atoms with E-state index in [2.05, 4.69) is 20.5 Å². The molecule has 0 unspecified atom stereocenters. The number of likely N-dealkylation sites (tertiary alicyclic amines) is 1. The number of rotatable bonds is 5. The number of furan rings is 1. The van der Waals surface area contributed by atoms with E-state index in [-0.39, 0.29) is 12.1 Å². The first kappa shape index (κ1) is 14.6. The monoisotopic (exact) mass is 300 g/mol. The van der Waals surface area contributed by atoms with Crippen LogP contribution < -0.4 is 10.6 Å². The number of carbonyl (C=O) groups excluding carboxylic acids is 1. The lowest BCUT2D eigenvalue weighted by atomic mass is 10.2. The second-order valence-corrected chi connectivity index (χ2v) is 5.35. The molecule has 1 saturated heterocycles. The highest BCUT2D eigenvalue weighted by molar-refractivity contribution is 5.88. The molecule has 2 amide bonds. The first-order valence-electron chi connectivity index (χ1n) is 7.55. The van der Waals surface area contributed by atoms with Crippen LogP contribution in [0.4, 0.5) is 10.5 Å². The van der Waals surface area contributed by atoms with E-state index < -0.39 is 0 Å². The van der Waals surface area contributed by atoms with E-state index in [4.69, 9.17) is 4.42 Å². The van der Waals surface area contributed by atoms with E-state index >= 15 is 0 Å². The van der Waals surface area contributed by atoms with Crippen molar-refractivity contribution in [3.05, 3.63) is 48.7 Å². The molecule has 2 N–H and O–H groups in total. The summed E-state index contributed by atoms with van der Waals surface area (Å²) in [6, 6.07) is 7.28. The van der Waals surface area contributed by atoms with E-state index in [9.17, 15) is 4.79 Å². The third-order valence-electron chi connectivity index (χ3n) is 3.83. The van der Waals surface area contributed by atoms with Crippen LogP contribution in [0.2, 0.25) is 0 Å². The summed E-state index contributed by atoms with van der Waals surface area (Å²) < 4.78 is 5.54. The highest BCUT2D eigenvalue weighted by Crippen LogP contribution is 2.24. The molecule has 1 fully saturated rings. The molecule has 1 aliphatic heterocycles. The van der Waals surface area contributed by atoms with Crippen molar-refractivity contribution in [2.24, 2.45) is 0 Å². The molecule has 0 aliphatic carbocycles. The zero-order valence-electron chi connectivity index (χ0n) is 12.4. The van der Waals surface area contributed by atoms with E-state index in [1.54, 1.807) is 30.8 Å². The summed E-state index contributed by atoms with van der Waals surface area (Å²) in [5.74, 6) is 0.892. The molecule has 2 aromatic heterocycles. The number of pyridine rings is 1.